The molecule has 1 aromatic carbocycles. The van der Waals surface area contributed by atoms with Gasteiger partial charge in [0, 0.05) is 25.7 Å². The van der Waals surface area contributed by atoms with Crippen LogP contribution in [0.4, 0.5) is 13.2 Å². The minimum absolute atomic E-state index is 0.0829. The Bertz CT molecular complexity index is 1180. The molecule has 3 atom stereocenters. The number of alkyl halides is 3. The normalized spacial score (nSPS) is 25.9. The van der Waals surface area contributed by atoms with Gasteiger partial charge in [0.2, 0.25) is 0 Å². The maximum absolute atomic E-state index is 13.4. The van der Waals surface area contributed by atoms with Crippen molar-refractivity contribution < 1.29 is 23.1 Å². The second kappa shape index (κ2) is 6.78. The minimum Gasteiger partial charge on any atom is -0.388 e. The molecule has 1 N–H and O–H groups in total. The third kappa shape index (κ3) is 3.18. The summed E-state index contributed by atoms with van der Waals surface area (Å²) in [5.74, 6) is -0.977. The summed E-state index contributed by atoms with van der Waals surface area (Å²) in [6.45, 7) is 0.373. The van der Waals surface area contributed by atoms with Gasteiger partial charge in [-0.05, 0) is 42.5 Å². The molecule has 31 heavy (non-hydrogen) atoms. The number of aliphatic hydroxyl groups is 1. The molecule has 2 aromatic heterocycles. The van der Waals surface area contributed by atoms with Crippen LogP contribution in [0.2, 0.25) is 0 Å². The summed E-state index contributed by atoms with van der Waals surface area (Å²) in [6, 6.07) is 9.06. The van der Waals surface area contributed by atoms with E-state index in [-0.39, 0.29) is 36.0 Å². The van der Waals surface area contributed by atoms with Crippen LogP contribution in [0.5, 0.6) is 0 Å². The quantitative estimate of drug-likeness (QED) is 0.677. The molecule has 0 radical (unpaired) electrons. The molecule has 2 aliphatic rings. The lowest BCUT2D eigenvalue weighted by atomic mass is 9.90. The number of likely N-dealkylation sites (tertiary alicyclic amines) is 1. The smallest absolute Gasteiger partial charge is 0.388 e. The van der Waals surface area contributed by atoms with Gasteiger partial charge in [0.15, 0.2) is 11.3 Å². The predicted molar refractivity (Wildman–Crippen MR) is 106 cm³/mol. The standard InChI is InChI=1S/C22H21F3N4O2/c1-28-19-16(6-4-8-26-19)18(27-28)20(30)29-11-14-9-13(10-21(14,31)12-29)15-5-2-3-7-17(15)22(23,24)25/h2-8,13-14,31H,9-12H2,1H3/t13-,14-,21-/m0/s1. The Labute approximate surface area is 176 Å². The molecule has 0 spiro atoms. The highest BCUT2D eigenvalue weighted by molar-refractivity contribution is 6.04. The zero-order valence-corrected chi connectivity index (χ0v) is 16.8. The van der Waals surface area contributed by atoms with Gasteiger partial charge in [-0.2, -0.15) is 18.3 Å². The Hall–Kier alpha value is -2.94. The summed E-state index contributed by atoms with van der Waals surface area (Å²) < 4.78 is 41.9. The highest BCUT2D eigenvalue weighted by Crippen LogP contribution is 2.51. The number of rotatable bonds is 2. The Morgan fingerprint density at radius 2 is 2.00 bits per heavy atom. The van der Waals surface area contributed by atoms with Gasteiger partial charge < -0.3 is 10.0 Å². The largest absolute Gasteiger partial charge is 0.416 e. The van der Waals surface area contributed by atoms with Gasteiger partial charge in [0.25, 0.3) is 5.91 Å². The Morgan fingerprint density at radius 1 is 1.23 bits per heavy atom. The van der Waals surface area contributed by atoms with Crippen molar-refractivity contribution in [3.05, 3.63) is 59.4 Å². The molecule has 1 aliphatic carbocycles. The van der Waals surface area contributed by atoms with Crippen LogP contribution in [0.15, 0.2) is 42.6 Å². The molecule has 6 nitrogen and oxygen atoms in total. The summed E-state index contributed by atoms with van der Waals surface area (Å²) in [4.78, 5) is 18.9. The average Bonchev–Trinajstić information content (AvgIpc) is 3.34. The lowest BCUT2D eigenvalue weighted by Crippen LogP contribution is -2.37. The Balaban J connectivity index is 1.38. The molecule has 3 aromatic rings. The first-order chi connectivity index (χ1) is 14.7. The number of benzene rings is 1. The average molecular weight is 430 g/mol. The van der Waals surface area contributed by atoms with Crippen molar-refractivity contribution in [1.82, 2.24) is 19.7 Å². The van der Waals surface area contributed by atoms with Crippen molar-refractivity contribution in [2.45, 2.75) is 30.5 Å². The van der Waals surface area contributed by atoms with Crippen molar-refractivity contribution in [3.8, 4) is 0 Å². The number of amides is 1. The zero-order chi connectivity index (χ0) is 22.0. The molecule has 0 unspecified atom stereocenters. The van der Waals surface area contributed by atoms with E-state index in [1.165, 1.54) is 16.8 Å². The molecule has 2 fully saturated rings. The molecule has 1 saturated carbocycles. The first-order valence-corrected chi connectivity index (χ1v) is 10.1. The lowest BCUT2D eigenvalue weighted by Gasteiger charge is -2.24. The van der Waals surface area contributed by atoms with E-state index in [4.69, 9.17) is 0 Å². The van der Waals surface area contributed by atoms with Crippen molar-refractivity contribution >= 4 is 16.9 Å². The fourth-order valence-electron chi connectivity index (χ4n) is 5.24. The first-order valence-electron chi connectivity index (χ1n) is 10.1. The highest BCUT2D eigenvalue weighted by atomic mass is 19.4. The van der Waals surface area contributed by atoms with E-state index in [0.29, 0.717) is 24.0 Å². The molecule has 5 rings (SSSR count). The summed E-state index contributed by atoms with van der Waals surface area (Å²) in [5.41, 5.74) is -0.774. The summed E-state index contributed by atoms with van der Waals surface area (Å²) in [7, 11) is 1.71. The highest BCUT2D eigenvalue weighted by Gasteiger charge is 2.54. The number of aryl methyl sites for hydroxylation is 1. The monoisotopic (exact) mass is 430 g/mol. The number of pyridine rings is 1. The van der Waals surface area contributed by atoms with Crippen LogP contribution in [-0.4, -0.2) is 49.4 Å². The van der Waals surface area contributed by atoms with E-state index in [1.807, 2.05) is 0 Å². The molecule has 162 valence electrons. The molecule has 3 heterocycles. The summed E-state index contributed by atoms with van der Waals surface area (Å²) >= 11 is 0. The minimum atomic E-state index is -4.44. The van der Waals surface area contributed by atoms with E-state index < -0.39 is 23.3 Å². The number of halogens is 3. The van der Waals surface area contributed by atoms with Crippen LogP contribution in [0.1, 0.15) is 40.4 Å². The van der Waals surface area contributed by atoms with Crippen LogP contribution >= 0.6 is 0 Å². The van der Waals surface area contributed by atoms with Crippen LogP contribution in [0.25, 0.3) is 11.0 Å². The molecular weight excluding hydrogens is 409 g/mol. The number of aromatic nitrogens is 3. The predicted octanol–water partition coefficient (Wildman–Crippen LogP) is 3.37. The third-order valence-electron chi connectivity index (χ3n) is 6.63. The number of β-amino-alcohol motifs (C(OH)–C–C–N with tert-alkyl or cyclic N) is 1. The topological polar surface area (TPSA) is 71.2 Å². The van der Waals surface area contributed by atoms with Crippen LogP contribution in [-0.2, 0) is 13.2 Å². The van der Waals surface area contributed by atoms with Crippen LogP contribution in [0, 0.1) is 5.92 Å². The van der Waals surface area contributed by atoms with E-state index in [2.05, 4.69) is 10.1 Å². The van der Waals surface area contributed by atoms with E-state index >= 15 is 0 Å². The van der Waals surface area contributed by atoms with Gasteiger partial charge in [-0.15, -0.1) is 0 Å². The number of nitrogens with zero attached hydrogens (tertiary/aromatic N) is 4. The van der Waals surface area contributed by atoms with E-state index in [1.54, 1.807) is 36.3 Å². The molecule has 9 heteroatoms. The third-order valence-corrected chi connectivity index (χ3v) is 6.63. The number of hydrogen-bond donors (Lipinski definition) is 1. The van der Waals surface area contributed by atoms with Crippen molar-refractivity contribution in [3.63, 3.8) is 0 Å². The number of fused-ring (bicyclic) bond motifs is 2. The van der Waals surface area contributed by atoms with Crippen molar-refractivity contribution in [2.24, 2.45) is 13.0 Å². The number of carbonyl (C=O) groups excluding carboxylic acids is 1. The first kappa shape index (κ1) is 20.0. The maximum Gasteiger partial charge on any atom is 0.416 e. The number of hydrogen-bond acceptors (Lipinski definition) is 4. The molecule has 1 aliphatic heterocycles. The summed E-state index contributed by atoms with van der Waals surface area (Å²) in [6.07, 6.45) is -2.22. The molecule has 0 bridgehead atoms. The van der Waals surface area contributed by atoms with Crippen molar-refractivity contribution in [1.29, 1.82) is 0 Å². The van der Waals surface area contributed by atoms with Crippen LogP contribution < -0.4 is 0 Å². The fourth-order valence-corrected chi connectivity index (χ4v) is 5.24. The van der Waals surface area contributed by atoms with Gasteiger partial charge in [0.1, 0.15) is 0 Å². The fraction of sp³-hybridized carbons (Fsp3) is 0.409. The van der Waals surface area contributed by atoms with Crippen molar-refractivity contribution in [2.75, 3.05) is 13.1 Å². The second-order valence-electron chi connectivity index (χ2n) is 8.55. The molecule has 1 amide bonds. The SMILES string of the molecule is Cn1nc(C(=O)N2C[C@@H]3C[C@H](c4ccccc4C(F)(F)F)C[C@]3(O)C2)c2cccnc21. The van der Waals surface area contributed by atoms with Gasteiger partial charge in [-0.1, -0.05) is 18.2 Å². The van der Waals surface area contributed by atoms with Crippen LogP contribution in [0.3, 0.4) is 0 Å². The molecule has 1 saturated heterocycles. The zero-order valence-electron chi connectivity index (χ0n) is 16.8. The van der Waals surface area contributed by atoms with Gasteiger partial charge in [-0.25, -0.2) is 9.67 Å². The lowest BCUT2D eigenvalue weighted by molar-refractivity contribution is -0.138. The Kier molecular flexibility index (Phi) is 4.37. The maximum atomic E-state index is 13.4. The summed E-state index contributed by atoms with van der Waals surface area (Å²) in [5, 5.41) is 16.2. The van der Waals surface area contributed by atoms with Gasteiger partial charge >= 0.3 is 6.18 Å². The van der Waals surface area contributed by atoms with E-state index in [9.17, 15) is 23.1 Å². The molecular formula is C22H21F3N4O2. The van der Waals surface area contributed by atoms with E-state index in [0.717, 1.165) is 6.07 Å². The van der Waals surface area contributed by atoms with Gasteiger partial charge in [0.05, 0.1) is 23.1 Å². The number of carbonyl (C=O) groups is 1. The Morgan fingerprint density at radius 3 is 2.74 bits per heavy atom. The second-order valence-corrected chi connectivity index (χ2v) is 8.55. The van der Waals surface area contributed by atoms with Gasteiger partial charge in [-0.3, -0.25) is 4.79 Å².